The summed E-state index contributed by atoms with van der Waals surface area (Å²) in [6, 6.07) is 7.78. The fourth-order valence-electron chi connectivity index (χ4n) is 3.74. The van der Waals surface area contributed by atoms with Gasteiger partial charge in [0, 0.05) is 37.9 Å². The molecule has 0 radical (unpaired) electrons. The SMILES string of the molecule is O=C(CN1CCC[C@@H](Cn2ccnc2)C1)Nc1ccccc1-n1ccnc1. The Kier molecular flexibility index (Phi) is 5.29. The van der Waals surface area contributed by atoms with Crippen LogP contribution in [0.25, 0.3) is 5.69 Å². The van der Waals surface area contributed by atoms with Gasteiger partial charge in [-0.2, -0.15) is 0 Å². The van der Waals surface area contributed by atoms with Crippen LogP contribution >= 0.6 is 0 Å². The number of carbonyl (C=O) groups excluding carboxylic acids is 1. The number of benzene rings is 1. The Bertz CT molecular complexity index is 859. The molecule has 0 bridgehead atoms. The standard InChI is InChI=1S/C20H24N6O/c27-20(23-18-5-1-2-6-19(18)26-11-8-22-16-26)14-24-9-3-4-17(12-24)13-25-10-7-21-15-25/h1-2,5-8,10-11,15-17H,3-4,9,12-14H2,(H,23,27)/t17-/m1/s1. The Labute approximate surface area is 158 Å². The Hall–Kier alpha value is -2.93. The molecule has 3 heterocycles. The van der Waals surface area contributed by atoms with Crippen LogP contribution in [0.4, 0.5) is 5.69 Å². The van der Waals surface area contributed by atoms with Crippen LogP contribution in [0, 0.1) is 5.92 Å². The predicted molar refractivity (Wildman–Crippen MR) is 104 cm³/mol. The summed E-state index contributed by atoms with van der Waals surface area (Å²) < 4.78 is 4.02. The van der Waals surface area contributed by atoms with Crippen LogP contribution in [-0.4, -0.2) is 49.5 Å². The van der Waals surface area contributed by atoms with Gasteiger partial charge in [0.15, 0.2) is 0 Å². The van der Waals surface area contributed by atoms with Gasteiger partial charge in [-0.05, 0) is 37.4 Å². The molecule has 1 aromatic carbocycles. The number of aromatic nitrogens is 4. The number of anilines is 1. The molecule has 0 aliphatic carbocycles. The quantitative estimate of drug-likeness (QED) is 0.729. The van der Waals surface area contributed by atoms with Crippen molar-refractivity contribution in [3.8, 4) is 5.69 Å². The largest absolute Gasteiger partial charge is 0.337 e. The lowest BCUT2D eigenvalue weighted by molar-refractivity contribution is -0.117. The Balaban J connectivity index is 1.36. The highest BCUT2D eigenvalue weighted by atomic mass is 16.2. The average molecular weight is 364 g/mol. The molecule has 3 aromatic rings. The lowest BCUT2D eigenvalue weighted by Crippen LogP contribution is -2.41. The molecular weight excluding hydrogens is 340 g/mol. The summed E-state index contributed by atoms with van der Waals surface area (Å²) in [5.41, 5.74) is 1.72. The van der Waals surface area contributed by atoms with Crippen molar-refractivity contribution in [2.45, 2.75) is 19.4 Å². The van der Waals surface area contributed by atoms with Crippen molar-refractivity contribution in [1.82, 2.24) is 24.0 Å². The molecule has 0 saturated carbocycles. The summed E-state index contributed by atoms with van der Waals surface area (Å²) >= 11 is 0. The molecule has 1 atom stereocenters. The van der Waals surface area contributed by atoms with E-state index in [9.17, 15) is 4.79 Å². The topological polar surface area (TPSA) is 68.0 Å². The third-order valence-corrected chi connectivity index (χ3v) is 4.96. The highest BCUT2D eigenvalue weighted by Crippen LogP contribution is 2.21. The third kappa shape index (κ3) is 4.43. The minimum Gasteiger partial charge on any atom is -0.337 e. The molecule has 7 nitrogen and oxygen atoms in total. The highest BCUT2D eigenvalue weighted by molar-refractivity contribution is 5.94. The van der Waals surface area contributed by atoms with Crippen LogP contribution < -0.4 is 5.32 Å². The summed E-state index contributed by atoms with van der Waals surface area (Å²) in [5.74, 6) is 0.574. The van der Waals surface area contributed by atoms with Crippen molar-refractivity contribution < 1.29 is 4.79 Å². The molecule has 4 rings (SSSR count). The van der Waals surface area contributed by atoms with E-state index in [1.807, 2.05) is 53.8 Å². The van der Waals surface area contributed by atoms with Crippen LogP contribution in [-0.2, 0) is 11.3 Å². The van der Waals surface area contributed by atoms with Crippen LogP contribution in [0.3, 0.4) is 0 Å². The highest BCUT2D eigenvalue weighted by Gasteiger charge is 2.22. The van der Waals surface area contributed by atoms with E-state index in [0.29, 0.717) is 12.5 Å². The van der Waals surface area contributed by atoms with E-state index in [4.69, 9.17) is 0 Å². The van der Waals surface area contributed by atoms with Gasteiger partial charge < -0.3 is 14.5 Å². The Morgan fingerprint density at radius 1 is 1.15 bits per heavy atom. The number of hydrogen-bond acceptors (Lipinski definition) is 4. The summed E-state index contributed by atoms with van der Waals surface area (Å²) in [6.07, 6.45) is 13.3. The maximum absolute atomic E-state index is 12.6. The monoisotopic (exact) mass is 364 g/mol. The summed E-state index contributed by atoms with van der Waals surface area (Å²) in [4.78, 5) is 23.1. The van der Waals surface area contributed by atoms with Crippen molar-refractivity contribution in [3.05, 3.63) is 61.7 Å². The minimum atomic E-state index is 0.0193. The van der Waals surface area contributed by atoms with Gasteiger partial charge in [-0.1, -0.05) is 12.1 Å². The van der Waals surface area contributed by atoms with Crippen molar-refractivity contribution in [3.63, 3.8) is 0 Å². The molecule has 1 aliphatic heterocycles. The molecule has 1 aliphatic rings. The number of nitrogens with zero attached hydrogens (tertiary/aromatic N) is 5. The lowest BCUT2D eigenvalue weighted by Gasteiger charge is -2.32. The third-order valence-electron chi connectivity index (χ3n) is 4.96. The van der Waals surface area contributed by atoms with Gasteiger partial charge in [-0.3, -0.25) is 9.69 Å². The van der Waals surface area contributed by atoms with Crippen LogP contribution in [0.1, 0.15) is 12.8 Å². The average Bonchev–Trinajstić information content (AvgIpc) is 3.36. The van der Waals surface area contributed by atoms with Crippen molar-refractivity contribution in [2.24, 2.45) is 5.92 Å². The van der Waals surface area contributed by atoms with Gasteiger partial charge in [-0.25, -0.2) is 9.97 Å². The second-order valence-electron chi connectivity index (χ2n) is 7.04. The molecule has 1 fully saturated rings. The number of likely N-dealkylation sites (tertiary alicyclic amines) is 1. The molecule has 1 saturated heterocycles. The first-order chi connectivity index (χ1) is 13.3. The zero-order chi connectivity index (χ0) is 18.5. The van der Waals surface area contributed by atoms with E-state index in [1.54, 1.807) is 12.5 Å². The number of carbonyl (C=O) groups is 1. The van der Waals surface area contributed by atoms with Gasteiger partial charge in [0.1, 0.15) is 0 Å². The molecule has 0 unspecified atom stereocenters. The second-order valence-corrected chi connectivity index (χ2v) is 7.04. The molecule has 1 amide bonds. The van der Waals surface area contributed by atoms with E-state index >= 15 is 0 Å². The summed E-state index contributed by atoms with van der Waals surface area (Å²) in [6.45, 7) is 3.28. The van der Waals surface area contributed by atoms with Crippen LogP contribution in [0.5, 0.6) is 0 Å². The maximum atomic E-state index is 12.6. The fourth-order valence-corrected chi connectivity index (χ4v) is 3.74. The fraction of sp³-hybridized carbons (Fsp3) is 0.350. The molecule has 2 aromatic heterocycles. The zero-order valence-corrected chi connectivity index (χ0v) is 15.2. The van der Waals surface area contributed by atoms with Crippen molar-refractivity contribution >= 4 is 11.6 Å². The van der Waals surface area contributed by atoms with Gasteiger partial charge in [0.2, 0.25) is 5.91 Å². The molecule has 1 N–H and O–H groups in total. The summed E-state index contributed by atoms with van der Waals surface area (Å²) in [7, 11) is 0. The van der Waals surface area contributed by atoms with Gasteiger partial charge in [-0.15, -0.1) is 0 Å². The van der Waals surface area contributed by atoms with Crippen LogP contribution in [0.2, 0.25) is 0 Å². The van der Waals surface area contributed by atoms with Crippen molar-refractivity contribution in [1.29, 1.82) is 0 Å². The number of imidazole rings is 2. The van der Waals surface area contributed by atoms with Gasteiger partial charge >= 0.3 is 0 Å². The number of amides is 1. The normalized spacial score (nSPS) is 17.7. The van der Waals surface area contributed by atoms with Crippen molar-refractivity contribution in [2.75, 3.05) is 25.0 Å². The lowest BCUT2D eigenvalue weighted by atomic mass is 9.98. The van der Waals surface area contributed by atoms with E-state index in [-0.39, 0.29) is 5.91 Å². The smallest absolute Gasteiger partial charge is 0.238 e. The molecule has 27 heavy (non-hydrogen) atoms. The molecule has 0 spiro atoms. The molecule has 7 heteroatoms. The van der Waals surface area contributed by atoms with E-state index in [2.05, 4.69) is 24.8 Å². The van der Waals surface area contributed by atoms with Crippen LogP contribution in [0.15, 0.2) is 61.7 Å². The maximum Gasteiger partial charge on any atom is 0.238 e. The van der Waals surface area contributed by atoms with E-state index in [1.165, 1.54) is 6.42 Å². The number of hydrogen-bond donors (Lipinski definition) is 1. The number of para-hydroxylation sites is 2. The van der Waals surface area contributed by atoms with E-state index in [0.717, 1.165) is 37.4 Å². The first-order valence-electron chi connectivity index (χ1n) is 9.33. The minimum absolute atomic E-state index is 0.0193. The summed E-state index contributed by atoms with van der Waals surface area (Å²) in [5, 5.41) is 3.06. The number of rotatable bonds is 6. The predicted octanol–water partition coefficient (Wildman–Crippen LogP) is 2.42. The zero-order valence-electron chi connectivity index (χ0n) is 15.2. The Morgan fingerprint density at radius 2 is 2.00 bits per heavy atom. The van der Waals surface area contributed by atoms with Gasteiger partial charge in [0.05, 0.1) is 30.6 Å². The Morgan fingerprint density at radius 3 is 2.81 bits per heavy atom. The first-order valence-corrected chi connectivity index (χ1v) is 9.33. The number of nitrogens with one attached hydrogen (secondary N) is 1. The first kappa shape index (κ1) is 17.5. The van der Waals surface area contributed by atoms with E-state index < -0.39 is 0 Å². The molecular formula is C20H24N6O. The number of piperidine rings is 1. The van der Waals surface area contributed by atoms with Gasteiger partial charge in [0.25, 0.3) is 0 Å². The molecule has 140 valence electrons. The second kappa shape index (κ2) is 8.18.